The maximum atomic E-state index is 13.3. The minimum atomic E-state index is -1.05. The summed E-state index contributed by atoms with van der Waals surface area (Å²) in [5.41, 5.74) is 3.06. The maximum Gasteiger partial charge on any atom is 0.277 e. The van der Waals surface area contributed by atoms with Crippen LogP contribution in [0.1, 0.15) is 28.4 Å². The zero-order chi connectivity index (χ0) is 18.8. The normalized spacial score (nSPS) is 12.2. The first-order valence-corrected chi connectivity index (χ1v) is 8.79. The Morgan fingerprint density at radius 1 is 1.04 bits per heavy atom. The van der Waals surface area contributed by atoms with Crippen LogP contribution in [-0.2, 0) is 0 Å². The van der Waals surface area contributed by atoms with Gasteiger partial charge in [-0.25, -0.2) is 8.78 Å². The van der Waals surface area contributed by atoms with E-state index in [-0.39, 0.29) is 16.6 Å². The van der Waals surface area contributed by atoms with Crippen molar-refractivity contribution in [2.45, 2.75) is 31.2 Å². The van der Waals surface area contributed by atoms with Gasteiger partial charge >= 0.3 is 0 Å². The zero-order valence-electron chi connectivity index (χ0n) is 14.4. The molecule has 0 unspecified atom stereocenters. The SMILES string of the molecule is Cc1cc(C)cc(-c2nnc(S[C@@H](C)C(=O)c3ccc(F)c(F)c3)o2)c1. The number of ketones is 1. The average molecular weight is 374 g/mol. The number of carbonyl (C=O) groups is 1. The lowest BCUT2D eigenvalue weighted by atomic mass is 10.1. The number of thioether (sulfide) groups is 1. The monoisotopic (exact) mass is 374 g/mol. The molecule has 3 aromatic rings. The molecule has 26 heavy (non-hydrogen) atoms. The van der Waals surface area contributed by atoms with Gasteiger partial charge in [0, 0.05) is 11.1 Å². The fourth-order valence-electron chi connectivity index (χ4n) is 2.56. The van der Waals surface area contributed by atoms with Crippen LogP contribution in [0.3, 0.4) is 0 Å². The van der Waals surface area contributed by atoms with Gasteiger partial charge in [0.2, 0.25) is 5.89 Å². The van der Waals surface area contributed by atoms with E-state index in [2.05, 4.69) is 10.2 Å². The Morgan fingerprint density at radius 3 is 2.38 bits per heavy atom. The molecule has 1 atom stereocenters. The van der Waals surface area contributed by atoms with Gasteiger partial charge < -0.3 is 4.42 Å². The van der Waals surface area contributed by atoms with Crippen molar-refractivity contribution in [2.75, 3.05) is 0 Å². The Hall–Kier alpha value is -2.54. The number of rotatable bonds is 5. The van der Waals surface area contributed by atoms with E-state index in [1.165, 1.54) is 6.07 Å². The summed E-state index contributed by atoms with van der Waals surface area (Å²) in [6.07, 6.45) is 0. The topological polar surface area (TPSA) is 56.0 Å². The van der Waals surface area contributed by atoms with E-state index in [4.69, 9.17) is 4.42 Å². The van der Waals surface area contributed by atoms with Crippen molar-refractivity contribution in [3.8, 4) is 11.5 Å². The molecule has 0 aliphatic heterocycles. The summed E-state index contributed by atoms with van der Waals surface area (Å²) < 4.78 is 32.0. The molecule has 4 nitrogen and oxygen atoms in total. The molecule has 0 aliphatic carbocycles. The number of hydrogen-bond donors (Lipinski definition) is 0. The standard InChI is InChI=1S/C19H16F2N2O2S/c1-10-6-11(2)8-14(7-10)18-22-23-19(25-18)26-12(3)17(24)13-4-5-15(20)16(21)9-13/h4-9,12H,1-3H3/t12-/m0/s1. The van der Waals surface area contributed by atoms with E-state index >= 15 is 0 Å². The molecule has 0 saturated carbocycles. The minimum absolute atomic E-state index is 0.0953. The number of Topliss-reactive ketones (excluding diaryl/α,β-unsaturated/α-hetero) is 1. The van der Waals surface area contributed by atoms with Gasteiger partial charge in [0.05, 0.1) is 5.25 Å². The highest BCUT2D eigenvalue weighted by molar-refractivity contribution is 8.00. The molecule has 0 aliphatic rings. The van der Waals surface area contributed by atoms with Gasteiger partial charge in [-0.1, -0.05) is 29.0 Å². The van der Waals surface area contributed by atoms with E-state index in [1.807, 2.05) is 32.0 Å². The molecule has 0 bridgehead atoms. The Balaban J connectivity index is 1.75. The first-order valence-electron chi connectivity index (χ1n) is 7.91. The highest BCUT2D eigenvalue weighted by atomic mass is 32.2. The lowest BCUT2D eigenvalue weighted by Crippen LogP contribution is -2.14. The van der Waals surface area contributed by atoms with Crippen LogP contribution in [0.25, 0.3) is 11.5 Å². The smallest absolute Gasteiger partial charge is 0.277 e. The fraction of sp³-hybridized carbons (Fsp3) is 0.211. The summed E-state index contributed by atoms with van der Waals surface area (Å²) in [7, 11) is 0. The average Bonchev–Trinajstić information content (AvgIpc) is 3.04. The lowest BCUT2D eigenvalue weighted by molar-refractivity contribution is 0.0993. The molecule has 7 heteroatoms. The highest BCUT2D eigenvalue weighted by Crippen LogP contribution is 2.28. The molecule has 3 rings (SSSR count). The molecule has 134 valence electrons. The van der Waals surface area contributed by atoms with Crippen LogP contribution < -0.4 is 0 Å². The largest absolute Gasteiger partial charge is 0.411 e. The van der Waals surface area contributed by atoms with E-state index in [9.17, 15) is 13.6 Å². The van der Waals surface area contributed by atoms with Crippen LogP contribution in [-0.4, -0.2) is 21.2 Å². The van der Waals surface area contributed by atoms with Gasteiger partial charge in [-0.05, 0) is 51.1 Å². The molecular formula is C19H16F2N2O2S. The Morgan fingerprint density at radius 2 is 1.73 bits per heavy atom. The molecule has 1 heterocycles. The second-order valence-corrected chi connectivity index (χ2v) is 7.29. The van der Waals surface area contributed by atoms with Gasteiger partial charge in [-0.3, -0.25) is 4.79 Å². The minimum Gasteiger partial charge on any atom is -0.411 e. The number of halogens is 2. The van der Waals surface area contributed by atoms with Crippen LogP contribution >= 0.6 is 11.8 Å². The number of carbonyl (C=O) groups excluding carboxylic acids is 1. The van der Waals surface area contributed by atoms with Crippen LogP contribution in [0.15, 0.2) is 46.0 Å². The van der Waals surface area contributed by atoms with Gasteiger partial charge in [0.1, 0.15) is 0 Å². The van der Waals surface area contributed by atoms with Crippen LogP contribution in [0.4, 0.5) is 8.78 Å². The number of aromatic nitrogens is 2. The predicted molar refractivity (Wildman–Crippen MR) is 95.2 cm³/mol. The third-order valence-corrected chi connectivity index (χ3v) is 4.66. The van der Waals surface area contributed by atoms with Crippen molar-refractivity contribution in [1.29, 1.82) is 0 Å². The first kappa shape index (κ1) is 18.3. The highest BCUT2D eigenvalue weighted by Gasteiger charge is 2.21. The summed E-state index contributed by atoms with van der Waals surface area (Å²) in [6, 6.07) is 8.99. The maximum absolute atomic E-state index is 13.3. The Bertz CT molecular complexity index is 952. The second kappa shape index (κ2) is 7.37. The Kier molecular flexibility index (Phi) is 5.18. The van der Waals surface area contributed by atoms with Crippen molar-refractivity contribution >= 4 is 17.5 Å². The number of aryl methyl sites for hydroxylation is 2. The van der Waals surface area contributed by atoms with Crippen molar-refractivity contribution in [3.05, 3.63) is 64.7 Å². The van der Waals surface area contributed by atoms with Gasteiger partial charge in [-0.2, -0.15) is 0 Å². The molecule has 0 saturated heterocycles. The number of nitrogens with zero attached hydrogens (tertiary/aromatic N) is 2. The second-order valence-electron chi connectivity index (χ2n) is 6.00. The molecular weight excluding hydrogens is 358 g/mol. The fourth-order valence-corrected chi connectivity index (χ4v) is 3.32. The van der Waals surface area contributed by atoms with E-state index in [0.29, 0.717) is 5.89 Å². The van der Waals surface area contributed by atoms with Gasteiger partial charge in [0.25, 0.3) is 5.22 Å². The van der Waals surface area contributed by atoms with Crippen molar-refractivity contribution in [2.24, 2.45) is 0 Å². The Labute approximate surface area is 153 Å². The van der Waals surface area contributed by atoms with Gasteiger partial charge in [0.15, 0.2) is 17.4 Å². The summed E-state index contributed by atoms with van der Waals surface area (Å²) in [5.74, 6) is -2.02. The first-order chi connectivity index (χ1) is 12.3. The van der Waals surface area contributed by atoms with Crippen LogP contribution in [0.5, 0.6) is 0 Å². The third-order valence-electron chi connectivity index (χ3n) is 3.73. The summed E-state index contributed by atoms with van der Waals surface area (Å²) in [5, 5.41) is 7.63. The van der Waals surface area contributed by atoms with Crippen molar-refractivity contribution in [3.63, 3.8) is 0 Å². The molecule has 0 spiro atoms. The van der Waals surface area contributed by atoms with Crippen LogP contribution in [0, 0.1) is 25.5 Å². The van der Waals surface area contributed by atoms with Crippen LogP contribution in [0.2, 0.25) is 0 Å². The molecule has 0 fully saturated rings. The molecule has 2 aromatic carbocycles. The predicted octanol–water partition coefficient (Wildman–Crippen LogP) is 5.00. The van der Waals surface area contributed by atoms with E-state index in [1.54, 1.807) is 6.92 Å². The van der Waals surface area contributed by atoms with Crippen molar-refractivity contribution in [1.82, 2.24) is 10.2 Å². The molecule has 0 N–H and O–H groups in total. The number of benzene rings is 2. The zero-order valence-corrected chi connectivity index (χ0v) is 15.2. The quantitative estimate of drug-likeness (QED) is 0.465. The molecule has 0 amide bonds. The summed E-state index contributed by atoms with van der Waals surface area (Å²) in [6.45, 7) is 5.60. The lowest BCUT2D eigenvalue weighted by Gasteiger charge is -2.07. The summed E-state index contributed by atoms with van der Waals surface area (Å²) >= 11 is 1.07. The van der Waals surface area contributed by atoms with E-state index in [0.717, 1.165) is 40.6 Å². The number of hydrogen-bond acceptors (Lipinski definition) is 5. The van der Waals surface area contributed by atoms with Gasteiger partial charge in [-0.15, -0.1) is 10.2 Å². The molecule has 0 radical (unpaired) electrons. The summed E-state index contributed by atoms with van der Waals surface area (Å²) in [4.78, 5) is 12.4. The molecule has 1 aromatic heterocycles. The van der Waals surface area contributed by atoms with E-state index < -0.39 is 16.9 Å². The third kappa shape index (κ3) is 3.99. The van der Waals surface area contributed by atoms with Crippen molar-refractivity contribution < 1.29 is 18.0 Å².